The Bertz CT molecular complexity index is 561. The molecule has 0 N–H and O–H groups in total. The summed E-state index contributed by atoms with van der Waals surface area (Å²) >= 11 is -0.459. The third-order valence-corrected chi connectivity index (χ3v) is 16.2. The van der Waals surface area contributed by atoms with Gasteiger partial charge in [-0.2, -0.15) is 0 Å². The molecule has 0 heterocycles. The Morgan fingerprint density at radius 1 is 1.10 bits per heavy atom. The van der Waals surface area contributed by atoms with Gasteiger partial charge in [-0.3, -0.25) is 0 Å². The summed E-state index contributed by atoms with van der Waals surface area (Å²) < 4.78 is 1.89. The zero-order valence-corrected chi connectivity index (χ0v) is 18.0. The Balaban J connectivity index is 0.000001000. The number of hydrogen-bond acceptors (Lipinski definition) is 0. The minimum Gasteiger partial charge on any atom is -1.00 e. The van der Waals surface area contributed by atoms with Crippen LogP contribution in [0.3, 0.4) is 0 Å². The third-order valence-electron chi connectivity index (χ3n) is 3.57. The summed E-state index contributed by atoms with van der Waals surface area (Å²) in [5, 5.41) is 0. The molecule has 0 saturated carbocycles. The summed E-state index contributed by atoms with van der Waals surface area (Å²) in [4.78, 5) is 0. The molecule has 0 amide bonds. The van der Waals surface area contributed by atoms with Gasteiger partial charge >= 0.3 is 122 Å². The van der Waals surface area contributed by atoms with E-state index in [1.165, 1.54) is 17.5 Å². The van der Waals surface area contributed by atoms with E-state index in [4.69, 9.17) is 0 Å². The van der Waals surface area contributed by atoms with E-state index in [0.29, 0.717) is 5.92 Å². The van der Waals surface area contributed by atoms with E-state index < -0.39 is 22.1 Å². The molecule has 2 aliphatic carbocycles. The van der Waals surface area contributed by atoms with Crippen molar-refractivity contribution < 1.29 is 46.9 Å². The van der Waals surface area contributed by atoms with Crippen molar-refractivity contribution in [2.45, 2.75) is 25.4 Å². The molecular weight excluding hydrogens is 470 g/mol. The minimum atomic E-state index is -0.459. The average molecular weight is 488 g/mol. The van der Waals surface area contributed by atoms with Gasteiger partial charge in [0.05, 0.1) is 0 Å². The van der Waals surface area contributed by atoms with Gasteiger partial charge in [-0.25, -0.2) is 0 Å². The molecule has 0 spiro atoms. The van der Waals surface area contributed by atoms with Crippen molar-refractivity contribution in [2.75, 3.05) is 0 Å². The van der Waals surface area contributed by atoms with Crippen LogP contribution >= 0.6 is 0 Å². The zero-order valence-electron chi connectivity index (χ0n) is 11.7. The van der Waals surface area contributed by atoms with Gasteiger partial charge in [-0.15, -0.1) is 0 Å². The van der Waals surface area contributed by atoms with Crippen molar-refractivity contribution in [3.63, 3.8) is 0 Å². The van der Waals surface area contributed by atoms with Gasteiger partial charge in [0.2, 0.25) is 0 Å². The molecule has 1 aromatic carbocycles. The van der Waals surface area contributed by atoms with Crippen LogP contribution in [0.4, 0.5) is 0 Å². The summed E-state index contributed by atoms with van der Waals surface area (Å²) in [5.41, 5.74) is 4.61. The van der Waals surface area contributed by atoms with E-state index in [1.807, 2.05) is 3.33 Å². The number of rotatable bonds is 3. The van der Waals surface area contributed by atoms with Crippen LogP contribution in [0, 0.1) is 0 Å². The van der Waals surface area contributed by atoms with Crippen LogP contribution in [0.1, 0.15) is 23.5 Å². The molecule has 0 aromatic heterocycles. The number of allylic oxidation sites excluding steroid dienone is 5. The molecule has 104 valence electrons. The monoisotopic (exact) mass is 488 g/mol. The van der Waals surface area contributed by atoms with Crippen molar-refractivity contribution >= 4 is 12.1 Å². The van der Waals surface area contributed by atoms with Gasteiger partial charge in [0, 0.05) is 0 Å². The zero-order chi connectivity index (χ0) is 12.5. The molecule has 1 atom stereocenters. The van der Waals surface area contributed by atoms with Crippen LogP contribution in [0.25, 0.3) is 6.08 Å². The Kier molecular flexibility index (Phi) is 7.20. The van der Waals surface area contributed by atoms with Crippen LogP contribution in [-0.2, 0) is 22.1 Å². The normalized spacial score (nSPS) is 18.6. The molecule has 1 aromatic rings. The quantitative estimate of drug-likeness (QED) is 0.437. The second-order valence-electron chi connectivity index (χ2n) is 5.31. The first-order valence-electron chi connectivity index (χ1n) is 6.69. The van der Waals surface area contributed by atoms with Crippen LogP contribution in [0.5, 0.6) is 0 Å². The SMILES string of the molecule is C[SiH](C)[Hf+2][C]1=C(C2C=Cc3ccccc32)C=CC1.[Cl-].[Cl-]. The van der Waals surface area contributed by atoms with E-state index in [2.05, 4.69) is 61.7 Å². The second kappa shape index (κ2) is 7.93. The first-order valence-corrected chi connectivity index (χ1v) is 17.6. The molecular formula is C16H18Cl2HfSi. The Morgan fingerprint density at radius 3 is 2.60 bits per heavy atom. The number of fused-ring (bicyclic) bond motifs is 1. The first kappa shape index (κ1) is 18.2. The molecule has 1 unspecified atom stereocenters. The van der Waals surface area contributed by atoms with Crippen molar-refractivity contribution in [3.8, 4) is 0 Å². The smallest absolute Gasteiger partial charge is 1.00 e. The van der Waals surface area contributed by atoms with Gasteiger partial charge in [0.25, 0.3) is 0 Å². The summed E-state index contributed by atoms with van der Waals surface area (Å²) in [5.74, 6) is 0.246. The Labute approximate surface area is 146 Å². The summed E-state index contributed by atoms with van der Waals surface area (Å²) in [6.07, 6.45) is 10.8. The summed E-state index contributed by atoms with van der Waals surface area (Å²) in [6, 6.07) is 8.86. The predicted octanol–water partition coefficient (Wildman–Crippen LogP) is -1.92. The average Bonchev–Trinajstić information content (AvgIpc) is 2.94. The van der Waals surface area contributed by atoms with E-state index in [-0.39, 0.29) is 30.8 Å². The Hall–Kier alpha value is 0.107. The van der Waals surface area contributed by atoms with Gasteiger partial charge in [-0.1, -0.05) is 0 Å². The number of halogens is 2. The van der Waals surface area contributed by atoms with Crippen LogP contribution in [0.15, 0.2) is 51.4 Å². The molecule has 3 rings (SSSR count). The van der Waals surface area contributed by atoms with Gasteiger partial charge in [0.15, 0.2) is 0 Å². The van der Waals surface area contributed by atoms with Crippen molar-refractivity contribution in [2.24, 2.45) is 0 Å². The minimum absolute atomic E-state index is 0. The summed E-state index contributed by atoms with van der Waals surface area (Å²) in [7, 11) is 0. The van der Waals surface area contributed by atoms with Gasteiger partial charge in [-0.05, 0) is 0 Å². The largest absolute Gasteiger partial charge is 1.00 e. The van der Waals surface area contributed by atoms with Gasteiger partial charge in [0.1, 0.15) is 0 Å². The second-order valence-corrected chi connectivity index (χ2v) is 25.6. The fourth-order valence-corrected chi connectivity index (χ4v) is 15.7. The maximum atomic E-state index is 2.53. The molecule has 2 aliphatic rings. The van der Waals surface area contributed by atoms with E-state index >= 15 is 0 Å². The summed E-state index contributed by atoms with van der Waals surface area (Å²) in [6.45, 7) is 5.06. The van der Waals surface area contributed by atoms with Gasteiger partial charge < -0.3 is 24.8 Å². The molecule has 20 heavy (non-hydrogen) atoms. The molecule has 4 heteroatoms. The van der Waals surface area contributed by atoms with Crippen molar-refractivity contribution in [3.05, 3.63) is 62.5 Å². The van der Waals surface area contributed by atoms with Crippen molar-refractivity contribution in [1.82, 2.24) is 0 Å². The molecule has 0 aliphatic heterocycles. The number of benzene rings is 1. The third kappa shape index (κ3) is 3.65. The van der Waals surface area contributed by atoms with Crippen molar-refractivity contribution in [1.29, 1.82) is 0 Å². The molecule has 0 fully saturated rings. The van der Waals surface area contributed by atoms with E-state index in [1.54, 1.807) is 5.57 Å². The van der Waals surface area contributed by atoms with E-state index in [9.17, 15) is 0 Å². The molecule has 0 bridgehead atoms. The fraction of sp³-hybridized carbons (Fsp3) is 0.250. The number of hydrogen-bond donors (Lipinski definition) is 0. The molecule has 0 saturated heterocycles. The maximum Gasteiger partial charge on any atom is -1.00 e. The van der Waals surface area contributed by atoms with Crippen LogP contribution < -0.4 is 24.8 Å². The fourth-order valence-electron chi connectivity index (χ4n) is 2.82. The van der Waals surface area contributed by atoms with E-state index in [0.717, 1.165) is 0 Å². The predicted molar refractivity (Wildman–Crippen MR) is 77.9 cm³/mol. The first-order chi connectivity index (χ1) is 8.75. The standard InChI is InChI=1S/C14H11.C2H7Si.2ClH.Hf/c1-2-6-11(5-1)14-10-9-12-7-3-4-8-13(12)14;1-3-2;;;/h1,3-5,7-10,14H,2H2;3H,1-2H3;2*1H;/q;;;;+2/p-2. The Morgan fingerprint density at radius 2 is 1.85 bits per heavy atom. The molecule has 0 nitrogen and oxygen atoms in total. The van der Waals surface area contributed by atoms with Crippen LogP contribution in [0.2, 0.25) is 13.1 Å². The topological polar surface area (TPSA) is 0 Å². The van der Waals surface area contributed by atoms with Crippen LogP contribution in [-0.4, -0.2) is 5.98 Å². The maximum absolute atomic E-state index is 2.53. The molecule has 0 radical (unpaired) electrons.